The van der Waals surface area contributed by atoms with Crippen LogP contribution in [0.3, 0.4) is 0 Å². The molecule has 0 aliphatic heterocycles. The van der Waals surface area contributed by atoms with Crippen LogP contribution in [0.4, 0.5) is 5.69 Å². The number of hydrogen-bond donors (Lipinski definition) is 1. The van der Waals surface area contributed by atoms with E-state index in [1.54, 1.807) is 13.3 Å². The van der Waals surface area contributed by atoms with Crippen molar-refractivity contribution in [1.29, 1.82) is 0 Å². The van der Waals surface area contributed by atoms with Crippen LogP contribution in [0, 0.1) is 6.92 Å². The Bertz CT molecular complexity index is 509. The van der Waals surface area contributed by atoms with Gasteiger partial charge in [-0.3, -0.25) is 4.98 Å². The number of nitrogen functional groups attached to an aromatic ring is 1. The van der Waals surface area contributed by atoms with Crippen molar-refractivity contribution in [2.45, 2.75) is 6.92 Å². The molecule has 0 radical (unpaired) electrons. The normalized spacial score (nSPS) is 10.1. The van der Waals surface area contributed by atoms with Gasteiger partial charge in [-0.05, 0) is 31.2 Å². The Hall–Kier alpha value is -2.03. The highest BCUT2D eigenvalue weighted by Crippen LogP contribution is 2.31. The van der Waals surface area contributed by atoms with Gasteiger partial charge in [-0.15, -0.1) is 0 Å². The Kier molecular flexibility index (Phi) is 2.77. The van der Waals surface area contributed by atoms with E-state index in [-0.39, 0.29) is 0 Å². The van der Waals surface area contributed by atoms with E-state index in [0.29, 0.717) is 5.69 Å². The fourth-order valence-electron chi connectivity index (χ4n) is 1.63. The topological polar surface area (TPSA) is 48.1 Å². The van der Waals surface area contributed by atoms with Crippen molar-refractivity contribution in [3.63, 3.8) is 0 Å². The number of nitrogens with zero attached hydrogens (tertiary/aromatic N) is 1. The van der Waals surface area contributed by atoms with Crippen LogP contribution in [0.15, 0.2) is 36.5 Å². The average Bonchev–Trinajstić information content (AvgIpc) is 2.32. The number of aryl methyl sites for hydroxylation is 1. The summed E-state index contributed by atoms with van der Waals surface area (Å²) in [5.41, 5.74) is 9.51. The second-order valence-corrected chi connectivity index (χ2v) is 3.64. The molecule has 1 heterocycles. The number of ether oxygens (including phenoxy) is 1. The van der Waals surface area contributed by atoms with Crippen LogP contribution in [0.5, 0.6) is 5.75 Å². The fourth-order valence-corrected chi connectivity index (χ4v) is 1.63. The molecule has 0 saturated carbocycles. The number of pyridine rings is 1. The molecule has 1 aromatic heterocycles. The lowest BCUT2D eigenvalue weighted by atomic mass is 10.1. The van der Waals surface area contributed by atoms with E-state index in [1.165, 1.54) is 0 Å². The molecule has 0 spiro atoms. The Labute approximate surface area is 94.9 Å². The summed E-state index contributed by atoms with van der Waals surface area (Å²) in [5, 5.41) is 0. The molecule has 0 amide bonds. The third-order valence-electron chi connectivity index (χ3n) is 2.45. The minimum atomic E-state index is 0.711. The van der Waals surface area contributed by atoms with Gasteiger partial charge in [0.15, 0.2) is 0 Å². The van der Waals surface area contributed by atoms with Crippen molar-refractivity contribution < 1.29 is 4.74 Å². The Balaban J connectivity index is 2.62. The molecule has 1 aromatic carbocycles. The predicted octanol–water partition coefficient (Wildman–Crippen LogP) is 2.65. The molecule has 0 aliphatic rings. The van der Waals surface area contributed by atoms with Crippen molar-refractivity contribution >= 4 is 5.69 Å². The largest absolute Gasteiger partial charge is 0.494 e. The minimum Gasteiger partial charge on any atom is -0.494 e. The lowest BCUT2D eigenvalue weighted by molar-refractivity contribution is 0.415. The highest BCUT2D eigenvalue weighted by molar-refractivity contribution is 5.78. The summed E-state index contributed by atoms with van der Waals surface area (Å²) >= 11 is 0. The zero-order valence-corrected chi connectivity index (χ0v) is 9.40. The number of aromatic nitrogens is 1. The van der Waals surface area contributed by atoms with Gasteiger partial charge in [-0.25, -0.2) is 0 Å². The van der Waals surface area contributed by atoms with Gasteiger partial charge in [0.1, 0.15) is 11.4 Å². The van der Waals surface area contributed by atoms with E-state index in [9.17, 15) is 0 Å². The number of methoxy groups -OCH3 is 1. The van der Waals surface area contributed by atoms with Crippen molar-refractivity contribution in [3.05, 3.63) is 42.1 Å². The van der Waals surface area contributed by atoms with Gasteiger partial charge >= 0.3 is 0 Å². The monoisotopic (exact) mass is 214 g/mol. The van der Waals surface area contributed by atoms with Crippen LogP contribution in [0.25, 0.3) is 11.3 Å². The summed E-state index contributed by atoms with van der Waals surface area (Å²) in [5.74, 6) is 0.736. The first-order valence-corrected chi connectivity index (χ1v) is 5.08. The summed E-state index contributed by atoms with van der Waals surface area (Å²) in [7, 11) is 1.63. The molecule has 3 nitrogen and oxygen atoms in total. The van der Waals surface area contributed by atoms with Gasteiger partial charge in [0.25, 0.3) is 0 Å². The number of anilines is 1. The maximum absolute atomic E-state index is 5.95. The maximum atomic E-state index is 5.95. The second-order valence-electron chi connectivity index (χ2n) is 3.64. The molecule has 82 valence electrons. The summed E-state index contributed by atoms with van der Waals surface area (Å²) in [4.78, 5) is 4.32. The molecule has 16 heavy (non-hydrogen) atoms. The maximum Gasteiger partial charge on any atom is 0.145 e. The van der Waals surface area contributed by atoms with Crippen LogP contribution < -0.4 is 10.5 Å². The zero-order chi connectivity index (χ0) is 11.5. The summed E-state index contributed by atoms with van der Waals surface area (Å²) < 4.78 is 5.28. The molecule has 2 N–H and O–H groups in total. The second kappa shape index (κ2) is 4.23. The van der Waals surface area contributed by atoms with Crippen LogP contribution >= 0.6 is 0 Å². The number of nitrogens with two attached hydrogens (primary N) is 1. The van der Waals surface area contributed by atoms with Crippen molar-refractivity contribution in [3.8, 4) is 17.0 Å². The summed E-state index contributed by atoms with van der Waals surface area (Å²) in [6, 6.07) is 9.60. The van der Waals surface area contributed by atoms with Crippen molar-refractivity contribution in [1.82, 2.24) is 4.98 Å². The molecule has 0 bridgehead atoms. The molecule has 2 aromatic rings. The van der Waals surface area contributed by atoms with Gasteiger partial charge in [0.05, 0.1) is 7.11 Å². The first kappa shape index (κ1) is 10.5. The van der Waals surface area contributed by atoms with Gasteiger partial charge in [0, 0.05) is 17.4 Å². The quantitative estimate of drug-likeness (QED) is 0.782. The SMILES string of the molecule is COc1cccnc1-c1cc(C)ccc1N. The van der Waals surface area contributed by atoms with E-state index in [1.807, 2.05) is 37.3 Å². The average molecular weight is 214 g/mol. The molecule has 0 atom stereocenters. The van der Waals surface area contributed by atoms with E-state index >= 15 is 0 Å². The number of rotatable bonds is 2. The highest BCUT2D eigenvalue weighted by Gasteiger charge is 2.09. The Morgan fingerprint density at radius 1 is 1.25 bits per heavy atom. The van der Waals surface area contributed by atoms with E-state index in [4.69, 9.17) is 10.5 Å². The van der Waals surface area contributed by atoms with E-state index in [0.717, 1.165) is 22.6 Å². The lowest BCUT2D eigenvalue weighted by Crippen LogP contribution is -1.95. The Morgan fingerprint density at radius 2 is 2.06 bits per heavy atom. The zero-order valence-electron chi connectivity index (χ0n) is 9.40. The number of hydrogen-bond acceptors (Lipinski definition) is 3. The standard InChI is InChI=1S/C13H14N2O/c1-9-5-6-11(14)10(8-9)13-12(16-2)4-3-7-15-13/h3-8H,14H2,1-2H3. The first-order valence-electron chi connectivity index (χ1n) is 5.08. The highest BCUT2D eigenvalue weighted by atomic mass is 16.5. The Morgan fingerprint density at radius 3 is 2.81 bits per heavy atom. The molecule has 0 aliphatic carbocycles. The van der Waals surface area contributed by atoms with Gasteiger partial charge in [0.2, 0.25) is 0 Å². The molecule has 0 saturated heterocycles. The van der Waals surface area contributed by atoms with Crippen molar-refractivity contribution in [2.75, 3.05) is 12.8 Å². The first-order chi connectivity index (χ1) is 7.72. The van der Waals surface area contributed by atoms with Crippen LogP contribution in [-0.2, 0) is 0 Å². The van der Waals surface area contributed by atoms with Crippen LogP contribution in [0.1, 0.15) is 5.56 Å². The third-order valence-corrected chi connectivity index (χ3v) is 2.45. The molecule has 2 rings (SSSR count). The van der Waals surface area contributed by atoms with Crippen molar-refractivity contribution in [2.24, 2.45) is 0 Å². The van der Waals surface area contributed by atoms with Gasteiger partial charge in [-0.2, -0.15) is 0 Å². The number of benzene rings is 1. The molecular formula is C13H14N2O. The van der Waals surface area contributed by atoms with Crippen LogP contribution in [-0.4, -0.2) is 12.1 Å². The third kappa shape index (κ3) is 1.84. The fraction of sp³-hybridized carbons (Fsp3) is 0.154. The summed E-state index contributed by atoms with van der Waals surface area (Å²) in [6.07, 6.45) is 1.74. The smallest absolute Gasteiger partial charge is 0.145 e. The van der Waals surface area contributed by atoms with Gasteiger partial charge < -0.3 is 10.5 Å². The summed E-state index contributed by atoms with van der Waals surface area (Å²) in [6.45, 7) is 2.03. The molecular weight excluding hydrogens is 200 g/mol. The van der Waals surface area contributed by atoms with Gasteiger partial charge in [-0.1, -0.05) is 11.6 Å². The van der Waals surface area contributed by atoms with Crippen LogP contribution in [0.2, 0.25) is 0 Å². The lowest BCUT2D eigenvalue weighted by Gasteiger charge is -2.10. The molecule has 3 heteroatoms. The molecule has 0 unspecified atom stereocenters. The molecule has 0 fully saturated rings. The van der Waals surface area contributed by atoms with E-state index < -0.39 is 0 Å². The predicted molar refractivity (Wildman–Crippen MR) is 65.4 cm³/mol. The van der Waals surface area contributed by atoms with E-state index in [2.05, 4.69) is 4.98 Å². The minimum absolute atomic E-state index is 0.711.